The first-order valence-electron chi connectivity index (χ1n) is 6.15. The third kappa shape index (κ3) is 3.91. The van der Waals surface area contributed by atoms with Crippen molar-refractivity contribution in [1.82, 2.24) is 9.80 Å². The number of hydrogen-bond acceptors (Lipinski definition) is 3. The molecule has 0 aliphatic carbocycles. The van der Waals surface area contributed by atoms with Crippen molar-refractivity contribution in [3.8, 4) is 0 Å². The third-order valence-electron chi connectivity index (χ3n) is 3.31. The molecular weight excluding hydrogens is 220 g/mol. The molecule has 1 atom stereocenters. The van der Waals surface area contributed by atoms with Crippen LogP contribution in [0.2, 0.25) is 0 Å². The molecule has 1 saturated heterocycles. The summed E-state index contributed by atoms with van der Waals surface area (Å²) < 4.78 is 4.56. The van der Waals surface area contributed by atoms with Gasteiger partial charge in [0, 0.05) is 20.1 Å². The lowest BCUT2D eigenvalue weighted by atomic mass is 9.95. The Balaban J connectivity index is 2.44. The second-order valence-corrected chi connectivity index (χ2v) is 4.58. The van der Waals surface area contributed by atoms with Crippen molar-refractivity contribution in [2.24, 2.45) is 5.92 Å². The van der Waals surface area contributed by atoms with E-state index in [0.29, 0.717) is 5.92 Å². The zero-order valence-electron chi connectivity index (χ0n) is 10.9. The average molecular weight is 242 g/mol. The zero-order chi connectivity index (χ0) is 12.8. The summed E-state index contributed by atoms with van der Waals surface area (Å²) in [4.78, 5) is 26.3. The van der Waals surface area contributed by atoms with Crippen LogP contribution >= 0.6 is 0 Å². The standard InChI is InChI=1S/C12H22N2O3/c1-4-10-6-5-7-14(8-10)11(15)9-13(2)12(16)17-3/h10H,4-9H2,1-3H3/t10-/m1/s1. The number of piperidine rings is 1. The Morgan fingerprint density at radius 1 is 1.47 bits per heavy atom. The highest BCUT2D eigenvalue weighted by Gasteiger charge is 2.24. The van der Waals surface area contributed by atoms with Crippen LogP contribution in [0.15, 0.2) is 0 Å². The summed E-state index contributed by atoms with van der Waals surface area (Å²) in [5.41, 5.74) is 0. The van der Waals surface area contributed by atoms with Gasteiger partial charge < -0.3 is 14.5 Å². The summed E-state index contributed by atoms with van der Waals surface area (Å²) in [5.74, 6) is 0.618. The van der Waals surface area contributed by atoms with Crippen LogP contribution in [0.1, 0.15) is 26.2 Å². The molecule has 0 saturated carbocycles. The molecule has 0 N–H and O–H groups in total. The van der Waals surface area contributed by atoms with Crippen LogP contribution in [-0.4, -0.2) is 55.6 Å². The van der Waals surface area contributed by atoms with Gasteiger partial charge in [0.2, 0.25) is 5.91 Å². The molecule has 0 spiro atoms. The lowest BCUT2D eigenvalue weighted by molar-refractivity contribution is -0.133. The van der Waals surface area contributed by atoms with Gasteiger partial charge in [-0.15, -0.1) is 0 Å². The highest BCUT2D eigenvalue weighted by Crippen LogP contribution is 2.19. The molecule has 2 amide bonds. The fourth-order valence-electron chi connectivity index (χ4n) is 2.15. The third-order valence-corrected chi connectivity index (χ3v) is 3.31. The van der Waals surface area contributed by atoms with Gasteiger partial charge in [0.1, 0.15) is 6.54 Å². The van der Waals surface area contributed by atoms with E-state index in [2.05, 4.69) is 11.7 Å². The topological polar surface area (TPSA) is 49.9 Å². The number of hydrogen-bond donors (Lipinski definition) is 0. The number of carbonyl (C=O) groups is 2. The highest BCUT2D eigenvalue weighted by molar-refractivity contribution is 5.82. The van der Waals surface area contributed by atoms with E-state index in [-0.39, 0.29) is 12.5 Å². The number of rotatable bonds is 3. The molecule has 98 valence electrons. The monoisotopic (exact) mass is 242 g/mol. The number of carbonyl (C=O) groups excluding carboxylic acids is 2. The van der Waals surface area contributed by atoms with Crippen LogP contribution in [-0.2, 0) is 9.53 Å². The Bertz CT molecular complexity index is 281. The minimum absolute atomic E-state index is 0.0102. The van der Waals surface area contributed by atoms with Gasteiger partial charge in [-0.3, -0.25) is 4.79 Å². The van der Waals surface area contributed by atoms with Crippen molar-refractivity contribution in [2.45, 2.75) is 26.2 Å². The summed E-state index contributed by atoms with van der Waals surface area (Å²) in [5, 5.41) is 0. The lowest BCUT2D eigenvalue weighted by Crippen LogP contribution is -2.45. The molecule has 0 aromatic rings. The van der Waals surface area contributed by atoms with Gasteiger partial charge >= 0.3 is 6.09 Å². The van der Waals surface area contributed by atoms with Crippen molar-refractivity contribution in [2.75, 3.05) is 33.8 Å². The van der Waals surface area contributed by atoms with E-state index in [1.54, 1.807) is 7.05 Å². The van der Waals surface area contributed by atoms with E-state index in [1.807, 2.05) is 4.90 Å². The molecule has 1 rings (SSSR count). The first-order valence-corrected chi connectivity index (χ1v) is 6.15. The molecule has 1 aliphatic rings. The minimum Gasteiger partial charge on any atom is -0.453 e. The second-order valence-electron chi connectivity index (χ2n) is 4.58. The average Bonchev–Trinajstić information content (AvgIpc) is 2.37. The summed E-state index contributed by atoms with van der Waals surface area (Å²) in [6, 6.07) is 0. The van der Waals surface area contributed by atoms with Crippen LogP contribution in [0.25, 0.3) is 0 Å². The first-order chi connectivity index (χ1) is 8.08. The maximum absolute atomic E-state index is 12.0. The molecule has 0 bridgehead atoms. The molecule has 5 nitrogen and oxygen atoms in total. The molecule has 0 radical (unpaired) electrons. The molecule has 5 heteroatoms. The predicted octanol–water partition coefficient (Wildman–Crippen LogP) is 1.33. The molecule has 1 aliphatic heterocycles. The van der Waals surface area contributed by atoms with Crippen LogP contribution in [0.5, 0.6) is 0 Å². The fraction of sp³-hybridized carbons (Fsp3) is 0.833. The summed E-state index contributed by atoms with van der Waals surface area (Å²) >= 11 is 0. The summed E-state index contributed by atoms with van der Waals surface area (Å²) in [6.45, 7) is 3.89. The number of methoxy groups -OCH3 is 1. The minimum atomic E-state index is -0.470. The fourth-order valence-corrected chi connectivity index (χ4v) is 2.15. The van der Waals surface area contributed by atoms with Crippen LogP contribution < -0.4 is 0 Å². The molecule has 0 aromatic carbocycles. The van der Waals surface area contributed by atoms with Crippen molar-refractivity contribution < 1.29 is 14.3 Å². The van der Waals surface area contributed by atoms with Gasteiger partial charge in [0.25, 0.3) is 0 Å². The van der Waals surface area contributed by atoms with E-state index in [9.17, 15) is 9.59 Å². The van der Waals surface area contributed by atoms with Gasteiger partial charge in [-0.1, -0.05) is 13.3 Å². The summed E-state index contributed by atoms with van der Waals surface area (Å²) in [6.07, 6.45) is 2.90. The number of likely N-dealkylation sites (tertiary alicyclic amines) is 1. The number of amides is 2. The second kappa shape index (κ2) is 6.47. The Morgan fingerprint density at radius 3 is 2.76 bits per heavy atom. The molecule has 1 fully saturated rings. The molecule has 0 unspecified atom stereocenters. The summed E-state index contributed by atoms with van der Waals surface area (Å²) in [7, 11) is 2.89. The highest BCUT2D eigenvalue weighted by atomic mass is 16.5. The van der Waals surface area contributed by atoms with Crippen molar-refractivity contribution >= 4 is 12.0 Å². The first kappa shape index (κ1) is 13.8. The Morgan fingerprint density at radius 2 is 2.18 bits per heavy atom. The van der Waals surface area contributed by atoms with Gasteiger partial charge in [-0.2, -0.15) is 0 Å². The number of likely N-dealkylation sites (N-methyl/N-ethyl adjacent to an activating group) is 1. The van der Waals surface area contributed by atoms with E-state index < -0.39 is 6.09 Å². The molecule has 1 heterocycles. The maximum atomic E-state index is 12.0. The maximum Gasteiger partial charge on any atom is 0.409 e. The Hall–Kier alpha value is -1.26. The van der Waals surface area contributed by atoms with Gasteiger partial charge in [-0.25, -0.2) is 4.79 Å². The Kier molecular flexibility index (Phi) is 5.25. The van der Waals surface area contributed by atoms with Gasteiger partial charge in [0.15, 0.2) is 0 Å². The van der Waals surface area contributed by atoms with Gasteiger partial charge in [0.05, 0.1) is 7.11 Å². The van der Waals surface area contributed by atoms with Crippen LogP contribution in [0.3, 0.4) is 0 Å². The van der Waals surface area contributed by atoms with E-state index in [0.717, 1.165) is 25.9 Å². The quantitative estimate of drug-likeness (QED) is 0.750. The molecule has 17 heavy (non-hydrogen) atoms. The van der Waals surface area contributed by atoms with E-state index in [4.69, 9.17) is 0 Å². The van der Waals surface area contributed by atoms with Crippen molar-refractivity contribution in [3.63, 3.8) is 0 Å². The Labute approximate surface area is 103 Å². The largest absolute Gasteiger partial charge is 0.453 e. The van der Waals surface area contributed by atoms with Crippen LogP contribution in [0, 0.1) is 5.92 Å². The lowest BCUT2D eigenvalue weighted by Gasteiger charge is -2.33. The van der Waals surface area contributed by atoms with E-state index in [1.165, 1.54) is 18.4 Å². The predicted molar refractivity (Wildman–Crippen MR) is 64.6 cm³/mol. The number of nitrogens with zero attached hydrogens (tertiary/aromatic N) is 2. The van der Waals surface area contributed by atoms with E-state index >= 15 is 0 Å². The molecule has 0 aromatic heterocycles. The SMILES string of the molecule is CC[C@@H]1CCCN(C(=O)CN(C)C(=O)OC)C1. The van der Waals surface area contributed by atoms with Crippen LogP contribution in [0.4, 0.5) is 4.79 Å². The number of ether oxygens (including phenoxy) is 1. The smallest absolute Gasteiger partial charge is 0.409 e. The van der Waals surface area contributed by atoms with Crippen molar-refractivity contribution in [1.29, 1.82) is 0 Å². The molecular formula is C12H22N2O3. The normalized spacial score (nSPS) is 19.9. The zero-order valence-corrected chi connectivity index (χ0v) is 10.9. The van der Waals surface area contributed by atoms with Crippen molar-refractivity contribution in [3.05, 3.63) is 0 Å². The van der Waals surface area contributed by atoms with Gasteiger partial charge in [-0.05, 0) is 18.8 Å².